The van der Waals surface area contributed by atoms with Gasteiger partial charge in [-0.15, -0.1) is 0 Å². The van der Waals surface area contributed by atoms with Gasteiger partial charge in [-0.1, -0.05) is 12.1 Å². The molecule has 0 aliphatic rings. The molecule has 9 nitrogen and oxygen atoms in total. The first-order valence-corrected chi connectivity index (χ1v) is 9.67. The van der Waals surface area contributed by atoms with Crippen LogP contribution in [0.1, 0.15) is 11.1 Å². The lowest BCUT2D eigenvalue weighted by molar-refractivity contribution is -0.146. The maximum atomic E-state index is 11.0. The molecule has 9 heteroatoms. The Morgan fingerprint density at radius 3 is 2.23 bits per heavy atom. The molecule has 0 aliphatic carbocycles. The fraction of sp³-hybridized carbons (Fsp3) is 0.273. The molecular weight excluding hydrogens is 404 g/mol. The number of aliphatic hydroxyl groups is 1. The zero-order valence-electron chi connectivity index (χ0n) is 16.7. The van der Waals surface area contributed by atoms with Gasteiger partial charge in [0, 0.05) is 29.9 Å². The van der Waals surface area contributed by atoms with E-state index < -0.39 is 24.1 Å². The van der Waals surface area contributed by atoms with Crippen LogP contribution in [0.5, 0.6) is 11.5 Å². The summed E-state index contributed by atoms with van der Waals surface area (Å²) in [7, 11) is 0. The highest BCUT2D eigenvalue weighted by Gasteiger charge is 2.15. The molecule has 31 heavy (non-hydrogen) atoms. The van der Waals surface area contributed by atoms with Gasteiger partial charge in [0.25, 0.3) is 0 Å². The topological polar surface area (TPSA) is 155 Å². The van der Waals surface area contributed by atoms with E-state index in [0.29, 0.717) is 30.3 Å². The predicted octanol–water partition coefficient (Wildman–Crippen LogP) is 1.57. The van der Waals surface area contributed by atoms with Crippen LogP contribution in [-0.4, -0.2) is 57.6 Å². The number of aliphatic carboxylic acids is 2. The van der Waals surface area contributed by atoms with E-state index in [-0.39, 0.29) is 12.8 Å². The summed E-state index contributed by atoms with van der Waals surface area (Å²) >= 11 is 0. The summed E-state index contributed by atoms with van der Waals surface area (Å²) in [6, 6.07) is 11.3. The van der Waals surface area contributed by atoms with Gasteiger partial charge < -0.3 is 35.5 Å². The van der Waals surface area contributed by atoms with Crippen LogP contribution in [0.25, 0.3) is 10.9 Å². The second-order valence-electron chi connectivity index (χ2n) is 7.07. The lowest BCUT2D eigenvalue weighted by atomic mass is 10.1. The fourth-order valence-corrected chi connectivity index (χ4v) is 3.09. The van der Waals surface area contributed by atoms with Crippen molar-refractivity contribution in [3.05, 3.63) is 59.8 Å². The minimum atomic E-state index is -1.43. The molecule has 0 radical (unpaired) electrons. The number of hydrogen-bond acceptors (Lipinski definition) is 6. The van der Waals surface area contributed by atoms with E-state index in [1.807, 2.05) is 18.2 Å². The van der Waals surface area contributed by atoms with Crippen molar-refractivity contribution in [2.75, 3.05) is 13.2 Å². The third kappa shape index (κ3) is 5.97. The molecule has 0 bridgehead atoms. The van der Waals surface area contributed by atoms with Crippen molar-refractivity contribution in [2.24, 2.45) is 5.73 Å². The average Bonchev–Trinajstić information content (AvgIpc) is 3.14. The lowest BCUT2D eigenvalue weighted by Gasteiger charge is -2.10. The molecular formula is C22H24N2O7. The number of carbonyl (C=O) groups is 2. The second kappa shape index (κ2) is 9.96. The van der Waals surface area contributed by atoms with E-state index >= 15 is 0 Å². The average molecular weight is 428 g/mol. The van der Waals surface area contributed by atoms with Crippen molar-refractivity contribution in [1.82, 2.24) is 4.98 Å². The first-order valence-electron chi connectivity index (χ1n) is 9.67. The Morgan fingerprint density at radius 1 is 0.935 bits per heavy atom. The number of hydrogen-bond donors (Lipinski definition) is 5. The number of benzene rings is 2. The first kappa shape index (κ1) is 22.1. The van der Waals surface area contributed by atoms with E-state index in [2.05, 4.69) is 4.98 Å². The lowest BCUT2D eigenvalue weighted by Crippen LogP contribution is -2.32. The third-order valence-electron chi connectivity index (χ3n) is 4.75. The van der Waals surface area contributed by atoms with Crippen molar-refractivity contribution >= 4 is 22.8 Å². The van der Waals surface area contributed by atoms with E-state index in [1.54, 1.807) is 30.5 Å². The van der Waals surface area contributed by atoms with Crippen molar-refractivity contribution in [3.8, 4) is 11.5 Å². The Labute approximate surface area is 178 Å². The molecule has 3 rings (SSSR count). The summed E-state index contributed by atoms with van der Waals surface area (Å²) in [4.78, 5) is 24.8. The highest BCUT2D eigenvalue weighted by Crippen LogP contribution is 2.24. The quantitative estimate of drug-likeness (QED) is 0.288. The Hall–Kier alpha value is -3.56. The molecule has 0 spiro atoms. The number of H-pyrrole nitrogens is 1. The van der Waals surface area contributed by atoms with E-state index in [1.165, 1.54) is 0 Å². The standard InChI is InChI=1S/C22H24N2O7/c23-18(21(26)27)10-14-12-24-19-6-5-16(11-17(14)19)31-8-7-30-15-3-1-13(2-4-15)9-20(25)22(28)29/h1-6,11-12,18,20,24-25H,7-10,23H2,(H,26,27)(H,28,29). The van der Waals surface area contributed by atoms with Crippen LogP contribution in [0.3, 0.4) is 0 Å². The molecule has 3 aromatic rings. The zero-order valence-corrected chi connectivity index (χ0v) is 16.7. The smallest absolute Gasteiger partial charge is 0.332 e. The summed E-state index contributed by atoms with van der Waals surface area (Å²) in [5, 5.41) is 28.0. The summed E-state index contributed by atoms with van der Waals surface area (Å²) < 4.78 is 11.3. The predicted molar refractivity (Wildman–Crippen MR) is 112 cm³/mol. The molecule has 0 fully saturated rings. The third-order valence-corrected chi connectivity index (χ3v) is 4.75. The van der Waals surface area contributed by atoms with Gasteiger partial charge in [0.2, 0.25) is 0 Å². The highest BCUT2D eigenvalue weighted by molar-refractivity contribution is 5.85. The number of carboxylic acid groups (broad SMARTS) is 2. The Balaban J connectivity index is 1.51. The van der Waals surface area contributed by atoms with Crippen LogP contribution in [0.4, 0.5) is 0 Å². The number of fused-ring (bicyclic) bond motifs is 1. The van der Waals surface area contributed by atoms with Gasteiger partial charge in [-0.05, 0) is 41.5 Å². The van der Waals surface area contributed by atoms with Crippen LogP contribution < -0.4 is 15.2 Å². The fourth-order valence-electron chi connectivity index (χ4n) is 3.09. The van der Waals surface area contributed by atoms with Crippen LogP contribution in [-0.2, 0) is 22.4 Å². The molecule has 0 saturated heterocycles. The SMILES string of the molecule is NC(Cc1c[nH]c2ccc(OCCOc3ccc(CC(O)C(=O)O)cc3)cc12)C(=O)O. The Bertz CT molecular complexity index is 1050. The van der Waals surface area contributed by atoms with Crippen LogP contribution in [0.15, 0.2) is 48.7 Å². The van der Waals surface area contributed by atoms with Gasteiger partial charge in [0.15, 0.2) is 6.10 Å². The summed E-state index contributed by atoms with van der Waals surface area (Å²) in [6.07, 6.45) is 0.554. The van der Waals surface area contributed by atoms with E-state index in [9.17, 15) is 14.7 Å². The molecule has 2 atom stereocenters. The van der Waals surface area contributed by atoms with Gasteiger partial charge in [-0.2, -0.15) is 0 Å². The number of carboxylic acids is 2. The number of aliphatic hydroxyl groups excluding tert-OH is 1. The molecule has 0 saturated carbocycles. The van der Waals surface area contributed by atoms with Crippen molar-refractivity contribution in [1.29, 1.82) is 0 Å². The normalized spacial score (nSPS) is 13.0. The van der Waals surface area contributed by atoms with E-state index in [4.69, 9.17) is 25.4 Å². The summed E-state index contributed by atoms with van der Waals surface area (Å²) in [5.41, 5.74) is 8.00. The van der Waals surface area contributed by atoms with Gasteiger partial charge in [-0.25, -0.2) is 4.79 Å². The summed E-state index contributed by atoms with van der Waals surface area (Å²) in [5.74, 6) is -1.08. The first-order chi connectivity index (χ1) is 14.8. The minimum Gasteiger partial charge on any atom is -0.490 e. The molecule has 0 aliphatic heterocycles. The molecule has 6 N–H and O–H groups in total. The number of aromatic amines is 1. The number of ether oxygens (including phenoxy) is 2. The maximum Gasteiger partial charge on any atom is 0.332 e. The second-order valence-corrected chi connectivity index (χ2v) is 7.07. The van der Waals surface area contributed by atoms with E-state index in [0.717, 1.165) is 16.5 Å². The van der Waals surface area contributed by atoms with Gasteiger partial charge in [-0.3, -0.25) is 4.79 Å². The number of nitrogens with two attached hydrogens (primary N) is 1. The van der Waals surface area contributed by atoms with Gasteiger partial charge in [0.05, 0.1) is 0 Å². The Kier molecular flexibility index (Phi) is 7.11. The summed E-state index contributed by atoms with van der Waals surface area (Å²) in [6.45, 7) is 0.582. The monoisotopic (exact) mass is 428 g/mol. The highest BCUT2D eigenvalue weighted by atomic mass is 16.5. The molecule has 1 aromatic heterocycles. The number of aromatic nitrogens is 1. The maximum absolute atomic E-state index is 11.0. The molecule has 2 unspecified atom stereocenters. The number of rotatable bonds is 11. The van der Waals surface area contributed by atoms with Crippen molar-refractivity contribution < 1.29 is 34.4 Å². The molecule has 164 valence electrons. The molecule has 0 amide bonds. The van der Waals surface area contributed by atoms with Gasteiger partial charge in [0.1, 0.15) is 30.8 Å². The van der Waals surface area contributed by atoms with Crippen LogP contribution in [0.2, 0.25) is 0 Å². The van der Waals surface area contributed by atoms with Gasteiger partial charge >= 0.3 is 11.9 Å². The Morgan fingerprint density at radius 2 is 1.58 bits per heavy atom. The largest absolute Gasteiger partial charge is 0.490 e. The van der Waals surface area contributed by atoms with Crippen LogP contribution in [0, 0.1) is 0 Å². The van der Waals surface area contributed by atoms with Crippen molar-refractivity contribution in [3.63, 3.8) is 0 Å². The van der Waals surface area contributed by atoms with Crippen molar-refractivity contribution in [2.45, 2.75) is 25.0 Å². The zero-order chi connectivity index (χ0) is 22.4. The minimum absolute atomic E-state index is 0.0275. The molecule has 2 aromatic carbocycles. The van der Waals surface area contributed by atoms with Crippen LogP contribution >= 0.6 is 0 Å². The molecule has 1 heterocycles. The number of nitrogens with one attached hydrogen (secondary N) is 1.